The van der Waals surface area contributed by atoms with E-state index in [0.29, 0.717) is 11.6 Å². The average molecular weight is 378 g/mol. The number of benzene rings is 2. The van der Waals surface area contributed by atoms with Crippen LogP contribution in [-0.4, -0.2) is 21.1 Å². The Morgan fingerprint density at radius 2 is 1.81 bits per heavy atom. The first-order valence-electron chi connectivity index (χ1n) is 7.97. The van der Waals surface area contributed by atoms with E-state index < -0.39 is 0 Å². The maximum Gasteiger partial charge on any atom is 0.250 e. The fourth-order valence-electron chi connectivity index (χ4n) is 2.40. The highest BCUT2D eigenvalue weighted by Gasteiger charge is 2.07. The topological polar surface area (TPSA) is 67.8 Å². The molecule has 2 aromatic heterocycles. The van der Waals surface area contributed by atoms with Gasteiger partial charge in [-0.05, 0) is 23.8 Å². The molecule has 1 amide bonds. The van der Waals surface area contributed by atoms with Gasteiger partial charge < -0.3 is 0 Å². The molecule has 0 aliphatic heterocycles. The Morgan fingerprint density at radius 1 is 1.00 bits per heavy atom. The quantitative estimate of drug-likeness (QED) is 0.523. The number of rotatable bonds is 5. The summed E-state index contributed by atoms with van der Waals surface area (Å²) in [6, 6.07) is 17.9. The molecule has 26 heavy (non-hydrogen) atoms. The summed E-state index contributed by atoms with van der Waals surface area (Å²) in [5.74, 6) is -0.244. The Balaban J connectivity index is 1.38. The van der Waals surface area contributed by atoms with Crippen LogP contribution in [0.4, 0.5) is 5.13 Å². The van der Waals surface area contributed by atoms with E-state index in [1.807, 2.05) is 54.6 Å². The first kappa shape index (κ1) is 16.6. The summed E-state index contributed by atoms with van der Waals surface area (Å²) in [5, 5.41) is 13.1. The summed E-state index contributed by atoms with van der Waals surface area (Å²) in [7, 11) is 0. The van der Waals surface area contributed by atoms with Crippen LogP contribution in [0.1, 0.15) is 15.6 Å². The zero-order valence-electron chi connectivity index (χ0n) is 13.6. The lowest BCUT2D eigenvalue weighted by Gasteiger charge is -1.95. The second kappa shape index (κ2) is 7.55. The van der Waals surface area contributed by atoms with E-state index in [0.717, 1.165) is 25.8 Å². The van der Waals surface area contributed by atoms with E-state index in [1.165, 1.54) is 17.4 Å². The van der Waals surface area contributed by atoms with Crippen LogP contribution in [0.25, 0.3) is 16.3 Å². The molecule has 0 unspecified atom stereocenters. The van der Waals surface area contributed by atoms with E-state index >= 15 is 0 Å². The Kier molecular flexibility index (Phi) is 4.81. The van der Waals surface area contributed by atoms with Crippen molar-refractivity contribution in [2.45, 2.75) is 6.42 Å². The zero-order chi connectivity index (χ0) is 17.8. The number of hydrogen-bond acceptors (Lipinski definition) is 6. The number of nitrogens with zero attached hydrogens (tertiary/aromatic N) is 3. The normalized spacial score (nSPS) is 11.2. The number of fused-ring (bicyclic) bond motifs is 1. The summed E-state index contributed by atoms with van der Waals surface area (Å²) >= 11 is 2.93. The second-order valence-corrected chi connectivity index (χ2v) is 7.63. The summed E-state index contributed by atoms with van der Waals surface area (Å²) in [4.78, 5) is 16.6. The highest BCUT2D eigenvalue weighted by molar-refractivity contribution is 7.19. The van der Waals surface area contributed by atoms with Gasteiger partial charge in [-0.2, -0.15) is 0 Å². The van der Waals surface area contributed by atoms with Gasteiger partial charge in [-0.3, -0.25) is 10.1 Å². The van der Waals surface area contributed by atoms with Crippen LogP contribution >= 0.6 is 22.7 Å². The van der Waals surface area contributed by atoms with Crippen molar-refractivity contribution in [1.29, 1.82) is 0 Å². The molecule has 4 rings (SSSR count). The van der Waals surface area contributed by atoms with E-state index in [9.17, 15) is 4.79 Å². The van der Waals surface area contributed by atoms with E-state index in [2.05, 4.69) is 20.5 Å². The van der Waals surface area contributed by atoms with Gasteiger partial charge in [0.1, 0.15) is 10.0 Å². The van der Waals surface area contributed by atoms with Crippen molar-refractivity contribution in [3.05, 3.63) is 76.3 Å². The summed E-state index contributed by atoms with van der Waals surface area (Å²) in [5.41, 5.74) is 2.10. The Morgan fingerprint density at radius 3 is 2.65 bits per heavy atom. The predicted molar refractivity (Wildman–Crippen MR) is 106 cm³/mol. The van der Waals surface area contributed by atoms with E-state index in [-0.39, 0.29) is 5.91 Å². The van der Waals surface area contributed by atoms with Gasteiger partial charge in [-0.25, -0.2) is 4.98 Å². The molecule has 0 spiro atoms. The Bertz CT molecular complexity index is 1040. The molecule has 2 aromatic carbocycles. The van der Waals surface area contributed by atoms with Gasteiger partial charge in [0.25, 0.3) is 0 Å². The highest BCUT2D eigenvalue weighted by Crippen LogP contribution is 2.22. The minimum atomic E-state index is -0.244. The van der Waals surface area contributed by atoms with Crippen molar-refractivity contribution in [1.82, 2.24) is 15.2 Å². The third kappa shape index (κ3) is 4.01. The molecule has 7 heteroatoms. The fraction of sp³-hybridized carbons (Fsp3) is 0.0526. The second-order valence-electron chi connectivity index (χ2n) is 5.51. The van der Waals surface area contributed by atoms with Crippen molar-refractivity contribution in [2.75, 3.05) is 5.32 Å². The first-order chi connectivity index (χ1) is 12.8. The van der Waals surface area contributed by atoms with Gasteiger partial charge >= 0.3 is 0 Å². The van der Waals surface area contributed by atoms with Gasteiger partial charge in [-0.1, -0.05) is 53.8 Å². The third-order valence-corrected chi connectivity index (χ3v) is 5.42. The Hall–Kier alpha value is -2.90. The number of aromatic nitrogens is 3. The molecule has 128 valence electrons. The minimum Gasteiger partial charge on any atom is -0.297 e. The Labute approximate surface area is 158 Å². The van der Waals surface area contributed by atoms with Crippen LogP contribution < -0.4 is 5.32 Å². The van der Waals surface area contributed by atoms with Crippen molar-refractivity contribution in [2.24, 2.45) is 0 Å². The number of carbonyl (C=O) groups excluding carboxylic acids is 1. The highest BCUT2D eigenvalue weighted by atomic mass is 32.1. The van der Waals surface area contributed by atoms with Crippen LogP contribution in [0, 0.1) is 0 Å². The van der Waals surface area contributed by atoms with Gasteiger partial charge in [0.15, 0.2) is 0 Å². The van der Waals surface area contributed by atoms with Crippen LogP contribution in [0.3, 0.4) is 0 Å². The van der Waals surface area contributed by atoms with Gasteiger partial charge in [0.05, 0.1) is 10.2 Å². The first-order valence-corrected chi connectivity index (χ1v) is 9.60. The number of para-hydroxylation sites is 1. The fourth-order valence-corrected chi connectivity index (χ4v) is 4.05. The predicted octanol–water partition coefficient (Wildman–Crippen LogP) is 4.39. The number of amides is 1. The summed E-state index contributed by atoms with van der Waals surface area (Å²) in [6.07, 6.45) is 3.89. The van der Waals surface area contributed by atoms with Crippen molar-refractivity contribution in [3.63, 3.8) is 0 Å². The summed E-state index contributed by atoms with van der Waals surface area (Å²) < 4.78 is 1.10. The lowest BCUT2D eigenvalue weighted by atomic mass is 10.2. The molecule has 0 atom stereocenters. The molecule has 0 saturated carbocycles. The molecule has 0 radical (unpaired) electrons. The molecule has 0 aliphatic carbocycles. The lowest BCUT2D eigenvalue weighted by molar-refractivity contribution is -0.111. The molecular formula is C19H14N4OS2. The monoisotopic (exact) mass is 378 g/mol. The van der Waals surface area contributed by atoms with E-state index in [1.54, 1.807) is 17.4 Å². The van der Waals surface area contributed by atoms with Crippen molar-refractivity contribution < 1.29 is 4.79 Å². The van der Waals surface area contributed by atoms with Crippen molar-refractivity contribution in [3.8, 4) is 0 Å². The smallest absolute Gasteiger partial charge is 0.250 e. The molecular weight excluding hydrogens is 364 g/mol. The largest absolute Gasteiger partial charge is 0.297 e. The molecule has 0 aliphatic rings. The maximum absolute atomic E-state index is 12.1. The molecule has 5 nitrogen and oxygen atoms in total. The zero-order valence-corrected chi connectivity index (χ0v) is 15.3. The number of carbonyl (C=O) groups is 1. The van der Waals surface area contributed by atoms with Crippen molar-refractivity contribution >= 4 is 50.0 Å². The van der Waals surface area contributed by atoms with Crippen LogP contribution in [0.5, 0.6) is 0 Å². The average Bonchev–Trinajstić information content (AvgIpc) is 3.27. The minimum absolute atomic E-state index is 0.244. The third-order valence-electron chi connectivity index (χ3n) is 3.58. The molecule has 0 saturated heterocycles. The molecule has 0 fully saturated rings. The van der Waals surface area contributed by atoms with Gasteiger partial charge in [0, 0.05) is 12.5 Å². The standard InChI is InChI=1S/C19H14N4OS2/c24-16(10-11-17-20-14-8-4-5-9-15(14)25-17)21-19-23-22-18(26-19)12-13-6-2-1-3-7-13/h1-11H,12H2,(H,21,23,24). The molecule has 4 aromatic rings. The number of thiazole rings is 1. The summed E-state index contributed by atoms with van der Waals surface area (Å²) in [6.45, 7) is 0. The molecule has 0 bridgehead atoms. The van der Waals surface area contributed by atoms with Gasteiger partial charge in [-0.15, -0.1) is 21.5 Å². The SMILES string of the molecule is O=C(C=Cc1nc2ccccc2s1)Nc1nnc(Cc2ccccc2)s1. The maximum atomic E-state index is 12.1. The lowest BCUT2D eigenvalue weighted by Crippen LogP contribution is -2.07. The van der Waals surface area contributed by atoms with Crippen LogP contribution in [0.2, 0.25) is 0 Å². The number of nitrogens with one attached hydrogen (secondary N) is 1. The molecule has 1 N–H and O–H groups in total. The van der Waals surface area contributed by atoms with Crippen LogP contribution in [0.15, 0.2) is 60.7 Å². The molecule has 2 heterocycles. The number of anilines is 1. The number of hydrogen-bond donors (Lipinski definition) is 1. The van der Waals surface area contributed by atoms with Gasteiger partial charge in [0.2, 0.25) is 11.0 Å². The van der Waals surface area contributed by atoms with Crippen LogP contribution in [-0.2, 0) is 11.2 Å². The van der Waals surface area contributed by atoms with E-state index in [4.69, 9.17) is 0 Å².